The van der Waals surface area contributed by atoms with Gasteiger partial charge in [-0.3, -0.25) is 9.59 Å². The summed E-state index contributed by atoms with van der Waals surface area (Å²) in [6.07, 6.45) is 1.21. The summed E-state index contributed by atoms with van der Waals surface area (Å²) in [5.74, 6) is -0.631. The quantitative estimate of drug-likeness (QED) is 0.557. The van der Waals surface area contributed by atoms with E-state index in [1.165, 1.54) is 7.11 Å². The van der Waals surface area contributed by atoms with Crippen molar-refractivity contribution in [2.45, 2.75) is 46.1 Å². The number of hydrogen-bond donors (Lipinski definition) is 1. The molecule has 1 rings (SSSR count). The minimum absolute atomic E-state index is 0.0288. The molecular weight excluding hydrogens is 306 g/mol. The number of nitrogens with one attached hydrogen (secondary N) is 1. The van der Waals surface area contributed by atoms with Crippen molar-refractivity contribution in [2.75, 3.05) is 7.11 Å². The van der Waals surface area contributed by atoms with E-state index in [-0.39, 0.29) is 23.5 Å². The van der Waals surface area contributed by atoms with Crippen LogP contribution in [0, 0.1) is 11.8 Å². The van der Waals surface area contributed by atoms with Crippen molar-refractivity contribution >= 4 is 17.7 Å². The number of carbonyl (C=O) groups is 3. The molecule has 0 aliphatic rings. The van der Waals surface area contributed by atoms with E-state index in [2.05, 4.69) is 5.32 Å². The maximum Gasteiger partial charge on any atom is 0.328 e. The molecule has 0 unspecified atom stereocenters. The first-order valence-electron chi connectivity index (χ1n) is 8.33. The molecule has 0 aliphatic carbocycles. The molecule has 1 N–H and O–H groups in total. The zero-order valence-electron chi connectivity index (χ0n) is 14.9. The van der Waals surface area contributed by atoms with E-state index >= 15 is 0 Å². The molecule has 5 nitrogen and oxygen atoms in total. The van der Waals surface area contributed by atoms with E-state index in [0.29, 0.717) is 24.8 Å². The summed E-state index contributed by atoms with van der Waals surface area (Å²) >= 11 is 0. The Balaban J connectivity index is 2.56. The number of rotatable bonds is 9. The van der Waals surface area contributed by atoms with Crippen LogP contribution >= 0.6 is 0 Å². The lowest BCUT2D eigenvalue weighted by Crippen LogP contribution is -2.44. The molecule has 0 spiro atoms. The molecule has 132 valence electrons. The minimum atomic E-state index is -0.715. The largest absolute Gasteiger partial charge is 0.467 e. The van der Waals surface area contributed by atoms with E-state index in [9.17, 15) is 14.4 Å². The highest BCUT2D eigenvalue weighted by Gasteiger charge is 2.25. The molecule has 0 bridgehead atoms. The van der Waals surface area contributed by atoms with E-state index in [4.69, 9.17) is 4.74 Å². The van der Waals surface area contributed by atoms with Gasteiger partial charge in [0.05, 0.1) is 7.11 Å². The predicted octanol–water partition coefficient (Wildman–Crippen LogP) is 2.99. The Morgan fingerprint density at radius 3 is 2.25 bits per heavy atom. The lowest BCUT2D eigenvalue weighted by atomic mass is 9.96. The summed E-state index contributed by atoms with van der Waals surface area (Å²) in [4.78, 5) is 36.1. The number of methoxy groups -OCH3 is 1. The fraction of sp³-hybridized carbons (Fsp3) is 0.526. The normalized spacial score (nSPS) is 13.2. The van der Waals surface area contributed by atoms with E-state index in [1.54, 1.807) is 12.1 Å². The van der Waals surface area contributed by atoms with Crippen LogP contribution in [0.5, 0.6) is 0 Å². The van der Waals surface area contributed by atoms with Gasteiger partial charge in [-0.25, -0.2) is 4.79 Å². The van der Waals surface area contributed by atoms with Gasteiger partial charge in [0.15, 0.2) is 5.78 Å². The topological polar surface area (TPSA) is 72.5 Å². The fourth-order valence-corrected chi connectivity index (χ4v) is 2.23. The van der Waals surface area contributed by atoms with Crippen LogP contribution in [0.4, 0.5) is 0 Å². The number of benzene rings is 1. The van der Waals surface area contributed by atoms with Crippen molar-refractivity contribution in [1.29, 1.82) is 0 Å². The van der Waals surface area contributed by atoms with Crippen LogP contribution in [0.1, 0.15) is 50.4 Å². The van der Waals surface area contributed by atoms with Crippen molar-refractivity contribution in [1.82, 2.24) is 5.32 Å². The van der Waals surface area contributed by atoms with Gasteiger partial charge in [0.2, 0.25) is 5.91 Å². The Morgan fingerprint density at radius 1 is 1.08 bits per heavy atom. The summed E-state index contributed by atoms with van der Waals surface area (Å²) in [5, 5.41) is 2.74. The molecule has 2 atom stereocenters. The summed E-state index contributed by atoms with van der Waals surface area (Å²) in [7, 11) is 1.29. The number of ether oxygens (including phenoxy) is 1. The number of esters is 1. The van der Waals surface area contributed by atoms with Crippen molar-refractivity contribution in [3.05, 3.63) is 35.9 Å². The van der Waals surface area contributed by atoms with Gasteiger partial charge in [-0.05, 0) is 18.8 Å². The maximum absolute atomic E-state index is 12.1. The van der Waals surface area contributed by atoms with Crippen LogP contribution in [0.25, 0.3) is 0 Å². The molecular formula is C19H27NO4. The third kappa shape index (κ3) is 6.14. The van der Waals surface area contributed by atoms with Crippen LogP contribution in [-0.2, 0) is 14.3 Å². The molecule has 5 heteroatoms. The van der Waals surface area contributed by atoms with Gasteiger partial charge in [-0.1, -0.05) is 51.1 Å². The highest BCUT2D eigenvalue weighted by molar-refractivity contribution is 5.96. The number of ketones is 1. The van der Waals surface area contributed by atoms with Crippen molar-refractivity contribution in [3.63, 3.8) is 0 Å². The Kier molecular flexibility index (Phi) is 8.16. The fourth-order valence-electron chi connectivity index (χ4n) is 2.23. The highest BCUT2D eigenvalue weighted by atomic mass is 16.5. The minimum Gasteiger partial charge on any atom is -0.467 e. The SMILES string of the molecule is COC(=O)[C@H](CCCC(=O)c1ccccc1)NC(=O)[C@@H](C)C(C)C. The van der Waals surface area contributed by atoms with E-state index in [1.807, 2.05) is 39.0 Å². The molecule has 1 aromatic carbocycles. The number of amides is 1. The molecule has 0 aliphatic heterocycles. The molecule has 0 saturated heterocycles. The smallest absolute Gasteiger partial charge is 0.328 e. The van der Waals surface area contributed by atoms with Gasteiger partial charge < -0.3 is 10.1 Å². The zero-order chi connectivity index (χ0) is 18.1. The molecule has 1 amide bonds. The average molecular weight is 333 g/mol. The van der Waals surface area contributed by atoms with Crippen LogP contribution in [-0.4, -0.2) is 30.8 Å². The summed E-state index contributed by atoms with van der Waals surface area (Å²) in [6.45, 7) is 5.74. The molecule has 0 heterocycles. The van der Waals surface area contributed by atoms with Gasteiger partial charge in [0, 0.05) is 17.9 Å². The number of Topliss-reactive ketones (excluding diaryl/α,β-unsaturated/α-hetero) is 1. The maximum atomic E-state index is 12.1. The van der Waals surface area contributed by atoms with Crippen molar-refractivity contribution in [3.8, 4) is 0 Å². The Bertz CT molecular complexity index is 554. The Morgan fingerprint density at radius 2 is 1.71 bits per heavy atom. The molecule has 0 aromatic heterocycles. The Hall–Kier alpha value is -2.17. The first-order chi connectivity index (χ1) is 11.4. The predicted molar refractivity (Wildman–Crippen MR) is 92.6 cm³/mol. The lowest BCUT2D eigenvalue weighted by Gasteiger charge is -2.21. The van der Waals surface area contributed by atoms with Gasteiger partial charge >= 0.3 is 5.97 Å². The summed E-state index contributed by atoms with van der Waals surface area (Å²) in [6, 6.07) is 8.32. The van der Waals surface area contributed by atoms with Gasteiger partial charge in [0.1, 0.15) is 6.04 Å². The second-order valence-electron chi connectivity index (χ2n) is 6.30. The van der Waals surface area contributed by atoms with Crippen LogP contribution in [0.3, 0.4) is 0 Å². The summed E-state index contributed by atoms with van der Waals surface area (Å²) < 4.78 is 4.76. The van der Waals surface area contributed by atoms with Gasteiger partial charge in [-0.15, -0.1) is 0 Å². The third-order valence-corrected chi connectivity index (χ3v) is 4.21. The monoisotopic (exact) mass is 333 g/mol. The molecule has 0 fully saturated rings. The van der Waals surface area contributed by atoms with E-state index in [0.717, 1.165) is 0 Å². The van der Waals surface area contributed by atoms with Crippen LogP contribution < -0.4 is 5.32 Å². The zero-order valence-corrected chi connectivity index (χ0v) is 14.9. The van der Waals surface area contributed by atoms with Crippen LogP contribution in [0.2, 0.25) is 0 Å². The van der Waals surface area contributed by atoms with Crippen molar-refractivity contribution in [2.24, 2.45) is 11.8 Å². The van der Waals surface area contributed by atoms with Crippen LogP contribution in [0.15, 0.2) is 30.3 Å². The van der Waals surface area contributed by atoms with Gasteiger partial charge in [0.25, 0.3) is 0 Å². The second-order valence-corrected chi connectivity index (χ2v) is 6.30. The van der Waals surface area contributed by atoms with Gasteiger partial charge in [-0.2, -0.15) is 0 Å². The van der Waals surface area contributed by atoms with Crippen molar-refractivity contribution < 1.29 is 19.1 Å². The Labute approximate surface area is 143 Å². The first kappa shape index (κ1) is 19.9. The standard InChI is InChI=1S/C19H27NO4/c1-13(2)14(3)18(22)20-16(19(23)24-4)11-8-12-17(21)15-9-6-5-7-10-15/h5-7,9-10,13-14,16H,8,11-12H2,1-4H3,(H,20,22)/t14-,16-/m0/s1. The second kappa shape index (κ2) is 9.85. The number of hydrogen-bond acceptors (Lipinski definition) is 4. The lowest BCUT2D eigenvalue weighted by molar-refractivity contribution is -0.146. The molecule has 24 heavy (non-hydrogen) atoms. The molecule has 0 saturated carbocycles. The number of carbonyl (C=O) groups excluding carboxylic acids is 3. The highest BCUT2D eigenvalue weighted by Crippen LogP contribution is 2.12. The molecule has 1 aromatic rings. The average Bonchev–Trinajstić information content (AvgIpc) is 2.59. The van der Waals surface area contributed by atoms with E-state index < -0.39 is 12.0 Å². The molecule has 0 radical (unpaired) electrons. The summed E-state index contributed by atoms with van der Waals surface area (Å²) in [5.41, 5.74) is 0.657. The first-order valence-corrected chi connectivity index (χ1v) is 8.33. The third-order valence-electron chi connectivity index (χ3n) is 4.21.